The largest absolute Gasteiger partial charge is 0.307 e. The number of nitrogens with zero attached hydrogens (tertiary/aromatic N) is 4. The Bertz CT molecular complexity index is 394. The van der Waals surface area contributed by atoms with Gasteiger partial charge in [0, 0.05) is 13.2 Å². The molecule has 0 aromatic carbocycles. The van der Waals surface area contributed by atoms with Crippen LogP contribution in [0.25, 0.3) is 0 Å². The van der Waals surface area contributed by atoms with Gasteiger partial charge in [-0.2, -0.15) is 5.10 Å². The molecule has 6 heteroatoms. The van der Waals surface area contributed by atoms with Crippen LogP contribution in [0.15, 0.2) is 18.5 Å². The number of hydrogen-bond acceptors (Lipinski definition) is 5. The van der Waals surface area contributed by atoms with Crippen molar-refractivity contribution in [3.05, 3.63) is 29.0 Å². The first-order valence-corrected chi connectivity index (χ1v) is 5.02. The molecule has 2 rings (SSSR count). The van der Waals surface area contributed by atoms with Crippen molar-refractivity contribution in [3.8, 4) is 0 Å². The summed E-state index contributed by atoms with van der Waals surface area (Å²) >= 11 is 1.40. The number of rotatable bonds is 3. The van der Waals surface area contributed by atoms with Crippen molar-refractivity contribution < 1.29 is 0 Å². The fourth-order valence-electron chi connectivity index (χ4n) is 1.41. The van der Waals surface area contributed by atoms with E-state index in [4.69, 9.17) is 0 Å². The first-order valence-electron chi connectivity index (χ1n) is 4.25. The van der Waals surface area contributed by atoms with E-state index in [0.29, 0.717) is 0 Å². The van der Waals surface area contributed by atoms with Gasteiger partial charge >= 0.3 is 0 Å². The molecule has 2 heterocycles. The maximum Gasteiger partial charge on any atom is 0.0871 e. The second-order valence-electron chi connectivity index (χ2n) is 2.92. The molecule has 5 nitrogen and oxygen atoms in total. The summed E-state index contributed by atoms with van der Waals surface area (Å²) in [6.45, 7) is 0. The fourth-order valence-corrected chi connectivity index (χ4v) is 2.03. The zero-order chi connectivity index (χ0) is 9.97. The molecule has 1 unspecified atom stereocenters. The summed E-state index contributed by atoms with van der Waals surface area (Å²) in [5.41, 5.74) is 1.11. The molecule has 0 radical (unpaired) electrons. The maximum absolute atomic E-state index is 4.14. The highest BCUT2D eigenvalue weighted by Gasteiger charge is 2.16. The SMILES string of the molecule is CNC(c1cnns1)c1ccnn1C. The maximum atomic E-state index is 4.14. The highest BCUT2D eigenvalue weighted by molar-refractivity contribution is 7.05. The molecule has 1 atom stereocenters. The summed E-state index contributed by atoms with van der Waals surface area (Å²) < 4.78 is 5.70. The predicted molar refractivity (Wildman–Crippen MR) is 54.0 cm³/mol. The molecule has 0 saturated heterocycles. The smallest absolute Gasteiger partial charge is 0.0871 e. The molecular weight excluding hydrogens is 198 g/mol. The van der Waals surface area contributed by atoms with Gasteiger partial charge < -0.3 is 5.32 Å². The van der Waals surface area contributed by atoms with Gasteiger partial charge in [0.2, 0.25) is 0 Å². The molecule has 0 saturated carbocycles. The molecular formula is C8H11N5S. The quantitative estimate of drug-likeness (QED) is 0.803. The van der Waals surface area contributed by atoms with E-state index in [1.165, 1.54) is 11.5 Å². The van der Waals surface area contributed by atoms with Crippen molar-refractivity contribution in [3.63, 3.8) is 0 Å². The molecule has 0 aliphatic carbocycles. The molecule has 2 aromatic rings. The Labute approximate surface area is 85.9 Å². The first-order chi connectivity index (χ1) is 6.83. The third kappa shape index (κ3) is 1.53. The molecule has 0 bridgehead atoms. The zero-order valence-electron chi connectivity index (χ0n) is 8.01. The molecule has 14 heavy (non-hydrogen) atoms. The summed E-state index contributed by atoms with van der Waals surface area (Å²) in [4.78, 5) is 1.09. The summed E-state index contributed by atoms with van der Waals surface area (Å²) in [5, 5.41) is 11.2. The molecule has 0 aliphatic heterocycles. The lowest BCUT2D eigenvalue weighted by molar-refractivity contribution is 0.612. The third-order valence-electron chi connectivity index (χ3n) is 2.11. The Morgan fingerprint density at radius 3 is 2.93 bits per heavy atom. The number of hydrogen-bond donors (Lipinski definition) is 1. The summed E-state index contributed by atoms with van der Waals surface area (Å²) in [6.07, 6.45) is 3.56. The van der Waals surface area contributed by atoms with Crippen LogP contribution in [0.5, 0.6) is 0 Å². The van der Waals surface area contributed by atoms with Crippen LogP contribution in [-0.2, 0) is 7.05 Å². The monoisotopic (exact) mass is 209 g/mol. The minimum absolute atomic E-state index is 0.127. The molecule has 0 fully saturated rings. The Balaban J connectivity index is 2.36. The van der Waals surface area contributed by atoms with E-state index < -0.39 is 0 Å². The van der Waals surface area contributed by atoms with Gasteiger partial charge in [-0.05, 0) is 24.6 Å². The summed E-state index contributed by atoms with van der Waals surface area (Å²) in [6, 6.07) is 2.11. The Morgan fingerprint density at radius 1 is 1.57 bits per heavy atom. The Kier molecular flexibility index (Phi) is 2.55. The normalized spacial score (nSPS) is 13.0. The second kappa shape index (κ2) is 3.85. The van der Waals surface area contributed by atoms with Crippen molar-refractivity contribution in [2.24, 2.45) is 7.05 Å². The van der Waals surface area contributed by atoms with Gasteiger partial charge in [0.15, 0.2) is 0 Å². The van der Waals surface area contributed by atoms with E-state index in [1.54, 1.807) is 12.4 Å². The standard InChI is InChI=1S/C8H11N5S/c1-9-8(7-5-10-12-14-7)6-3-4-11-13(6)2/h3-5,8-9H,1-2H3. The van der Waals surface area contributed by atoms with E-state index in [0.717, 1.165) is 10.6 Å². The average Bonchev–Trinajstić information content (AvgIpc) is 2.80. The van der Waals surface area contributed by atoms with Gasteiger partial charge in [0.05, 0.1) is 22.8 Å². The summed E-state index contributed by atoms with van der Waals surface area (Å²) in [7, 11) is 3.84. The van der Waals surface area contributed by atoms with Gasteiger partial charge in [-0.1, -0.05) is 4.49 Å². The van der Waals surface area contributed by atoms with Crippen LogP contribution in [0.1, 0.15) is 16.6 Å². The van der Waals surface area contributed by atoms with Crippen molar-refractivity contribution in [2.75, 3.05) is 7.05 Å². The molecule has 0 aliphatic rings. The van der Waals surface area contributed by atoms with Crippen molar-refractivity contribution in [2.45, 2.75) is 6.04 Å². The lowest BCUT2D eigenvalue weighted by Gasteiger charge is -2.13. The van der Waals surface area contributed by atoms with Gasteiger partial charge in [0.1, 0.15) is 0 Å². The Morgan fingerprint density at radius 2 is 2.43 bits per heavy atom. The van der Waals surface area contributed by atoms with Gasteiger partial charge in [-0.3, -0.25) is 4.68 Å². The number of aromatic nitrogens is 4. The number of nitrogens with one attached hydrogen (secondary N) is 1. The van der Waals surface area contributed by atoms with Gasteiger partial charge in [0.25, 0.3) is 0 Å². The van der Waals surface area contributed by atoms with Crippen LogP contribution in [0.4, 0.5) is 0 Å². The highest BCUT2D eigenvalue weighted by Crippen LogP contribution is 2.22. The van der Waals surface area contributed by atoms with Crippen LogP contribution in [0.2, 0.25) is 0 Å². The van der Waals surface area contributed by atoms with Crippen molar-refractivity contribution in [1.82, 2.24) is 24.7 Å². The van der Waals surface area contributed by atoms with Crippen LogP contribution in [0.3, 0.4) is 0 Å². The summed E-state index contributed by atoms with van der Waals surface area (Å²) in [5.74, 6) is 0. The number of aryl methyl sites for hydroxylation is 1. The molecule has 0 spiro atoms. The van der Waals surface area contributed by atoms with E-state index in [9.17, 15) is 0 Å². The van der Waals surface area contributed by atoms with Crippen LogP contribution in [-0.4, -0.2) is 26.4 Å². The third-order valence-corrected chi connectivity index (χ3v) is 2.83. The lowest BCUT2D eigenvalue weighted by atomic mass is 10.2. The Hall–Kier alpha value is -1.27. The van der Waals surface area contributed by atoms with E-state index in [2.05, 4.69) is 20.0 Å². The van der Waals surface area contributed by atoms with Gasteiger partial charge in [-0.15, -0.1) is 5.10 Å². The topological polar surface area (TPSA) is 55.6 Å². The first kappa shape index (κ1) is 9.29. The fraction of sp³-hybridized carbons (Fsp3) is 0.375. The van der Waals surface area contributed by atoms with Crippen molar-refractivity contribution in [1.29, 1.82) is 0 Å². The van der Waals surface area contributed by atoms with E-state index >= 15 is 0 Å². The van der Waals surface area contributed by atoms with E-state index in [1.807, 2.05) is 24.8 Å². The van der Waals surface area contributed by atoms with Crippen molar-refractivity contribution >= 4 is 11.5 Å². The van der Waals surface area contributed by atoms with Crippen LogP contribution >= 0.6 is 11.5 Å². The van der Waals surface area contributed by atoms with Crippen LogP contribution in [0, 0.1) is 0 Å². The van der Waals surface area contributed by atoms with Gasteiger partial charge in [-0.25, -0.2) is 0 Å². The van der Waals surface area contributed by atoms with E-state index in [-0.39, 0.29) is 6.04 Å². The average molecular weight is 209 g/mol. The van der Waals surface area contributed by atoms with Crippen LogP contribution < -0.4 is 5.32 Å². The predicted octanol–water partition coefficient (Wildman–Crippen LogP) is 0.580. The molecule has 74 valence electrons. The lowest BCUT2D eigenvalue weighted by Crippen LogP contribution is -2.19. The zero-order valence-corrected chi connectivity index (χ0v) is 8.82. The molecule has 1 N–H and O–H groups in total. The second-order valence-corrected chi connectivity index (χ2v) is 3.74. The minimum Gasteiger partial charge on any atom is -0.307 e. The molecule has 2 aromatic heterocycles. The minimum atomic E-state index is 0.127. The highest BCUT2D eigenvalue weighted by atomic mass is 32.1. The molecule has 0 amide bonds.